The van der Waals surface area contributed by atoms with Crippen molar-refractivity contribution in [1.29, 1.82) is 5.26 Å². The van der Waals surface area contributed by atoms with Gasteiger partial charge in [-0.3, -0.25) is 0 Å². The molecule has 2 atom stereocenters. The van der Waals surface area contributed by atoms with Crippen LogP contribution in [0.5, 0.6) is 0 Å². The van der Waals surface area contributed by atoms with E-state index in [1.807, 2.05) is 12.1 Å². The van der Waals surface area contributed by atoms with Crippen LogP contribution in [0, 0.1) is 17.2 Å². The molecule has 114 valence electrons. The van der Waals surface area contributed by atoms with Crippen molar-refractivity contribution in [2.24, 2.45) is 5.92 Å². The van der Waals surface area contributed by atoms with Crippen LogP contribution in [0.3, 0.4) is 0 Å². The summed E-state index contributed by atoms with van der Waals surface area (Å²) in [6.07, 6.45) is 1.17. The van der Waals surface area contributed by atoms with Gasteiger partial charge in [-0.2, -0.15) is 5.26 Å². The van der Waals surface area contributed by atoms with Crippen LogP contribution in [0.15, 0.2) is 24.3 Å². The summed E-state index contributed by atoms with van der Waals surface area (Å²) in [5, 5.41) is 8.40. The lowest BCUT2D eigenvalue weighted by molar-refractivity contribution is 0.0563. The molecule has 0 aromatic heterocycles. The van der Waals surface area contributed by atoms with Crippen molar-refractivity contribution in [1.82, 2.24) is 4.31 Å². The Morgan fingerprint density at radius 1 is 1.33 bits per heavy atom. The minimum Gasteiger partial charge on any atom is -0.381 e. The first-order valence-corrected chi connectivity index (χ1v) is 8.43. The summed E-state index contributed by atoms with van der Waals surface area (Å²) in [5.74, 6) is -0.0564. The number of nitriles is 1. The Morgan fingerprint density at radius 2 is 2.00 bits per heavy atom. The summed E-state index contributed by atoms with van der Waals surface area (Å²) in [5.41, 5.74) is 1.64. The van der Waals surface area contributed by atoms with E-state index in [0.29, 0.717) is 31.6 Å². The molecule has 0 N–H and O–H groups in total. The van der Waals surface area contributed by atoms with Crippen molar-refractivity contribution in [3.05, 3.63) is 35.4 Å². The Kier molecular flexibility index (Phi) is 4.99. The summed E-state index contributed by atoms with van der Waals surface area (Å²) in [6.45, 7) is 0.944. The predicted molar refractivity (Wildman–Crippen MR) is 80.2 cm³/mol. The molecule has 0 amide bonds. The Hall–Kier alpha value is -1.42. The molecule has 1 heterocycles. The Balaban J connectivity index is 2.17. The summed E-state index contributed by atoms with van der Waals surface area (Å²) < 4.78 is 31.6. The topological polar surface area (TPSA) is 70.4 Å². The molecular weight excluding hydrogens is 288 g/mol. The van der Waals surface area contributed by atoms with E-state index < -0.39 is 15.3 Å². The molecule has 21 heavy (non-hydrogen) atoms. The molecule has 1 aliphatic heterocycles. The molecule has 0 unspecified atom stereocenters. The average molecular weight is 308 g/mol. The van der Waals surface area contributed by atoms with Gasteiger partial charge in [-0.25, -0.2) is 12.7 Å². The number of hydrogen-bond donors (Lipinski definition) is 0. The van der Waals surface area contributed by atoms with Gasteiger partial charge in [0.15, 0.2) is 0 Å². The number of nitrogens with zero attached hydrogens (tertiary/aromatic N) is 2. The largest absolute Gasteiger partial charge is 0.381 e. The van der Waals surface area contributed by atoms with E-state index >= 15 is 0 Å². The lowest BCUT2D eigenvalue weighted by atomic mass is 9.93. The maximum atomic E-state index is 12.4. The van der Waals surface area contributed by atoms with Gasteiger partial charge in [-0.05, 0) is 30.5 Å². The highest BCUT2D eigenvalue weighted by Gasteiger charge is 2.37. The molecular formula is C15H20N2O3S. The van der Waals surface area contributed by atoms with Crippen molar-refractivity contribution >= 4 is 10.0 Å². The van der Waals surface area contributed by atoms with E-state index in [4.69, 9.17) is 10.00 Å². The van der Waals surface area contributed by atoms with Gasteiger partial charge in [0.2, 0.25) is 10.0 Å². The van der Waals surface area contributed by atoms with Crippen molar-refractivity contribution in [2.45, 2.75) is 18.1 Å². The molecule has 1 fully saturated rings. The standard InChI is InChI=1S/C15H20N2O3S/c1-17(2)21(18,19)15-7-8-20-11-14(15)9-12-3-5-13(10-16)6-4-12/h3-6,14-15H,7-9,11H2,1-2H3/t14-,15+/m0/s1. The fourth-order valence-electron chi connectivity index (χ4n) is 2.65. The van der Waals surface area contributed by atoms with Crippen LogP contribution in [0.2, 0.25) is 0 Å². The van der Waals surface area contributed by atoms with Crippen LogP contribution >= 0.6 is 0 Å². The van der Waals surface area contributed by atoms with Crippen molar-refractivity contribution < 1.29 is 13.2 Å². The highest BCUT2D eigenvalue weighted by molar-refractivity contribution is 7.89. The minimum absolute atomic E-state index is 0.0564. The summed E-state index contributed by atoms with van der Waals surface area (Å²) in [6, 6.07) is 9.36. The van der Waals surface area contributed by atoms with E-state index in [1.54, 1.807) is 26.2 Å². The van der Waals surface area contributed by atoms with Crippen LogP contribution < -0.4 is 0 Å². The van der Waals surface area contributed by atoms with E-state index in [9.17, 15) is 8.42 Å². The Labute approximate surface area is 126 Å². The normalized spacial score (nSPS) is 23.0. The third kappa shape index (κ3) is 3.62. The van der Waals surface area contributed by atoms with Gasteiger partial charge >= 0.3 is 0 Å². The van der Waals surface area contributed by atoms with Crippen molar-refractivity contribution in [3.8, 4) is 6.07 Å². The average Bonchev–Trinajstić information content (AvgIpc) is 2.48. The smallest absolute Gasteiger partial charge is 0.216 e. The lowest BCUT2D eigenvalue weighted by Crippen LogP contribution is -2.44. The fourth-order valence-corrected chi connectivity index (χ4v) is 4.25. The lowest BCUT2D eigenvalue weighted by Gasteiger charge is -2.33. The summed E-state index contributed by atoms with van der Waals surface area (Å²) in [7, 11) is -0.135. The van der Waals surface area contributed by atoms with Gasteiger partial charge in [-0.1, -0.05) is 12.1 Å². The summed E-state index contributed by atoms with van der Waals surface area (Å²) in [4.78, 5) is 0. The first-order chi connectivity index (χ1) is 9.95. The molecule has 0 bridgehead atoms. The van der Waals surface area contributed by atoms with Gasteiger partial charge in [-0.15, -0.1) is 0 Å². The third-order valence-electron chi connectivity index (χ3n) is 3.88. The van der Waals surface area contributed by atoms with Crippen LogP contribution in [-0.2, 0) is 21.2 Å². The van der Waals surface area contributed by atoms with Gasteiger partial charge in [0.25, 0.3) is 0 Å². The van der Waals surface area contributed by atoms with E-state index in [2.05, 4.69) is 6.07 Å². The number of hydrogen-bond acceptors (Lipinski definition) is 4. The monoisotopic (exact) mass is 308 g/mol. The number of rotatable bonds is 4. The number of ether oxygens (including phenoxy) is 1. The van der Waals surface area contributed by atoms with Crippen molar-refractivity contribution in [3.63, 3.8) is 0 Å². The number of benzene rings is 1. The molecule has 1 aromatic carbocycles. The van der Waals surface area contributed by atoms with Gasteiger partial charge < -0.3 is 4.74 Å². The maximum Gasteiger partial charge on any atom is 0.216 e. The number of sulfonamides is 1. The Bertz CT molecular complexity index is 617. The zero-order chi connectivity index (χ0) is 15.5. The Morgan fingerprint density at radius 3 is 2.57 bits per heavy atom. The highest BCUT2D eigenvalue weighted by Crippen LogP contribution is 2.27. The predicted octanol–water partition coefficient (Wildman–Crippen LogP) is 1.40. The molecule has 0 saturated carbocycles. The molecule has 0 aliphatic carbocycles. The molecule has 2 rings (SSSR count). The summed E-state index contributed by atoms with van der Waals surface area (Å²) >= 11 is 0. The van der Waals surface area contributed by atoms with Gasteiger partial charge in [0, 0.05) is 26.6 Å². The second-order valence-corrected chi connectivity index (χ2v) is 7.87. The van der Waals surface area contributed by atoms with Gasteiger partial charge in [0.1, 0.15) is 0 Å². The van der Waals surface area contributed by atoms with E-state index in [-0.39, 0.29) is 5.92 Å². The second-order valence-electron chi connectivity index (χ2n) is 5.50. The molecule has 1 aromatic rings. The zero-order valence-corrected chi connectivity index (χ0v) is 13.1. The highest BCUT2D eigenvalue weighted by atomic mass is 32.2. The first kappa shape index (κ1) is 16.0. The van der Waals surface area contributed by atoms with Crippen molar-refractivity contribution in [2.75, 3.05) is 27.3 Å². The molecule has 1 saturated heterocycles. The first-order valence-electron chi connectivity index (χ1n) is 6.93. The molecule has 1 aliphatic rings. The van der Waals surface area contributed by atoms with Crippen LogP contribution in [-0.4, -0.2) is 45.3 Å². The SMILES string of the molecule is CN(C)S(=O)(=O)[C@@H]1CCOC[C@@H]1Cc1ccc(C#N)cc1. The van der Waals surface area contributed by atoms with E-state index in [1.165, 1.54) is 4.31 Å². The van der Waals surface area contributed by atoms with Crippen LogP contribution in [0.25, 0.3) is 0 Å². The quantitative estimate of drug-likeness (QED) is 0.843. The maximum absolute atomic E-state index is 12.4. The van der Waals surface area contributed by atoms with E-state index in [0.717, 1.165) is 5.56 Å². The molecule has 5 nitrogen and oxygen atoms in total. The fraction of sp³-hybridized carbons (Fsp3) is 0.533. The molecule has 6 heteroatoms. The molecule has 0 radical (unpaired) electrons. The third-order valence-corrected chi connectivity index (χ3v) is 6.28. The second kappa shape index (κ2) is 6.56. The van der Waals surface area contributed by atoms with Crippen LogP contribution in [0.1, 0.15) is 17.5 Å². The van der Waals surface area contributed by atoms with Gasteiger partial charge in [0.05, 0.1) is 23.5 Å². The minimum atomic E-state index is -3.28. The molecule has 0 spiro atoms. The zero-order valence-electron chi connectivity index (χ0n) is 12.3. The van der Waals surface area contributed by atoms with Crippen LogP contribution in [0.4, 0.5) is 0 Å².